The number of hydrogen-bond acceptors (Lipinski definition) is 5. The maximum Gasteiger partial charge on any atom is 0.186 e. The van der Waals surface area contributed by atoms with E-state index < -0.39 is 0 Å². The lowest BCUT2D eigenvalue weighted by atomic mass is 9.78. The number of carbonyl (C=O) groups excluding carboxylic acids is 1. The lowest BCUT2D eigenvalue weighted by molar-refractivity contribution is 0.0915. The molecule has 0 saturated carbocycles. The second-order valence-corrected chi connectivity index (χ2v) is 9.86. The van der Waals surface area contributed by atoms with Crippen LogP contribution < -0.4 is 4.90 Å². The van der Waals surface area contributed by atoms with E-state index in [1.54, 1.807) is 11.3 Å². The monoisotopic (exact) mass is 434 g/mol. The molecule has 2 aromatic rings. The summed E-state index contributed by atoms with van der Waals surface area (Å²) >= 11 is 5.12. The maximum atomic E-state index is 12.5. The Kier molecular flexibility index (Phi) is 4.92. The molecule has 4 rings (SSSR count). The number of halogens is 1. The van der Waals surface area contributed by atoms with Gasteiger partial charge in [-0.3, -0.25) is 4.79 Å². The van der Waals surface area contributed by atoms with E-state index in [0.717, 1.165) is 39.6 Å². The number of ether oxygens (including phenoxy) is 1. The van der Waals surface area contributed by atoms with Gasteiger partial charge < -0.3 is 9.64 Å². The molecule has 2 aliphatic rings. The fraction of sp³-hybridized carbons (Fsp3) is 0.500. The topological polar surface area (TPSA) is 42.4 Å². The summed E-state index contributed by atoms with van der Waals surface area (Å²) in [7, 11) is 0. The molecule has 26 heavy (non-hydrogen) atoms. The molecule has 1 aliphatic carbocycles. The molecule has 4 nitrogen and oxygen atoms in total. The molecule has 2 heterocycles. The van der Waals surface area contributed by atoms with Gasteiger partial charge >= 0.3 is 0 Å². The molecular weight excluding hydrogens is 412 g/mol. The molecule has 0 amide bonds. The Morgan fingerprint density at radius 2 is 2.23 bits per heavy atom. The third-order valence-electron chi connectivity index (χ3n) is 5.06. The minimum absolute atomic E-state index is 0.0101. The molecule has 1 fully saturated rings. The van der Waals surface area contributed by atoms with Crippen molar-refractivity contribution in [2.75, 3.05) is 24.7 Å². The number of nitrogens with zero attached hydrogens (tertiary/aromatic N) is 2. The number of rotatable bonds is 3. The van der Waals surface area contributed by atoms with Crippen LogP contribution in [-0.4, -0.2) is 36.6 Å². The average Bonchev–Trinajstić information content (AvgIpc) is 2.98. The number of benzene rings is 1. The van der Waals surface area contributed by atoms with Crippen LogP contribution in [0.1, 0.15) is 41.2 Å². The van der Waals surface area contributed by atoms with Gasteiger partial charge in [0.05, 0.1) is 29.8 Å². The molecule has 0 unspecified atom stereocenters. The molecule has 1 aromatic carbocycles. The minimum Gasteiger partial charge on any atom is -0.377 e. The summed E-state index contributed by atoms with van der Waals surface area (Å²) < 4.78 is 6.84. The standard InChI is InChI=1S/C20H23BrN2O2S/c1-20(2)10-16-18(17(24)11-20)26-19(22-16)23-6-7-25-12-15(23)9-13-4-3-5-14(21)8-13/h3-5,8,15H,6-7,9-12H2,1-2H3/t15-/m0/s1. The minimum atomic E-state index is 0.0101. The lowest BCUT2D eigenvalue weighted by Gasteiger charge is -2.35. The van der Waals surface area contributed by atoms with E-state index in [0.29, 0.717) is 19.6 Å². The number of thiazole rings is 1. The first-order valence-corrected chi connectivity index (χ1v) is 10.6. The number of fused-ring (bicyclic) bond motifs is 1. The number of Topliss-reactive ketones (excluding diaryl/α,β-unsaturated/α-hetero) is 1. The predicted octanol–water partition coefficient (Wildman–Crippen LogP) is 4.51. The van der Waals surface area contributed by atoms with Crippen LogP contribution in [0.2, 0.25) is 0 Å². The van der Waals surface area contributed by atoms with Gasteiger partial charge in [0.1, 0.15) is 0 Å². The number of ketones is 1. The quantitative estimate of drug-likeness (QED) is 0.712. The summed E-state index contributed by atoms with van der Waals surface area (Å²) in [5.41, 5.74) is 2.27. The van der Waals surface area contributed by atoms with E-state index in [9.17, 15) is 4.79 Å². The highest BCUT2D eigenvalue weighted by Gasteiger charge is 2.35. The van der Waals surface area contributed by atoms with Crippen LogP contribution in [0, 0.1) is 5.41 Å². The van der Waals surface area contributed by atoms with Crippen molar-refractivity contribution in [2.24, 2.45) is 5.41 Å². The van der Waals surface area contributed by atoms with Gasteiger partial charge in [-0.2, -0.15) is 0 Å². The van der Waals surface area contributed by atoms with Crippen LogP contribution in [0.4, 0.5) is 5.13 Å². The molecule has 1 aromatic heterocycles. The summed E-state index contributed by atoms with van der Waals surface area (Å²) in [4.78, 5) is 20.6. The number of carbonyl (C=O) groups is 1. The van der Waals surface area contributed by atoms with Crippen molar-refractivity contribution in [2.45, 2.75) is 39.2 Å². The zero-order valence-electron chi connectivity index (χ0n) is 15.1. The largest absolute Gasteiger partial charge is 0.377 e. The Morgan fingerprint density at radius 3 is 3.04 bits per heavy atom. The fourth-order valence-corrected chi connectivity index (χ4v) is 5.41. The van der Waals surface area contributed by atoms with Crippen LogP contribution in [0.25, 0.3) is 0 Å². The number of anilines is 1. The van der Waals surface area contributed by atoms with Gasteiger partial charge in [-0.1, -0.05) is 53.2 Å². The van der Waals surface area contributed by atoms with Crippen molar-refractivity contribution in [1.82, 2.24) is 4.98 Å². The third kappa shape index (κ3) is 3.73. The van der Waals surface area contributed by atoms with Crippen molar-refractivity contribution in [3.63, 3.8) is 0 Å². The summed E-state index contributed by atoms with van der Waals surface area (Å²) in [6, 6.07) is 8.66. The Morgan fingerprint density at radius 1 is 1.38 bits per heavy atom. The summed E-state index contributed by atoms with van der Waals surface area (Å²) in [5, 5.41) is 0.976. The van der Waals surface area contributed by atoms with E-state index in [1.807, 2.05) is 6.07 Å². The van der Waals surface area contributed by atoms with Gasteiger partial charge in [-0.05, 0) is 36.0 Å². The van der Waals surface area contributed by atoms with Gasteiger partial charge in [0, 0.05) is 17.4 Å². The maximum absolute atomic E-state index is 12.5. The van der Waals surface area contributed by atoms with Crippen molar-refractivity contribution in [3.05, 3.63) is 44.9 Å². The second kappa shape index (κ2) is 7.06. The first kappa shape index (κ1) is 18.1. The number of morpholine rings is 1. The lowest BCUT2D eigenvalue weighted by Crippen LogP contribution is -2.46. The van der Waals surface area contributed by atoms with E-state index in [-0.39, 0.29) is 17.2 Å². The van der Waals surface area contributed by atoms with Gasteiger partial charge in [0.2, 0.25) is 0 Å². The number of hydrogen-bond donors (Lipinski definition) is 0. The Bertz CT molecular complexity index is 833. The van der Waals surface area contributed by atoms with Gasteiger partial charge in [0.15, 0.2) is 10.9 Å². The smallest absolute Gasteiger partial charge is 0.186 e. The highest BCUT2D eigenvalue weighted by molar-refractivity contribution is 9.10. The van der Waals surface area contributed by atoms with Gasteiger partial charge in [-0.25, -0.2) is 4.98 Å². The van der Waals surface area contributed by atoms with Crippen molar-refractivity contribution in [3.8, 4) is 0 Å². The third-order valence-corrected chi connectivity index (χ3v) is 6.73. The molecule has 1 aliphatic heterocycles. The molecule has 1 saturated heterocycles. The van der Waals surface area contributed by atoms with E-state index in [2.05, 4.69) is 52.9 Å². The number of aromatic nitrogens is 1. The second-order valence-electron chi connectivity index (χ2n) is 7.97. The molecule has 0 N–H and O–H groups in total. The zero-order chi connectivity index (χ0) is 18.3. The molecule has 0 spiro atoms. The van der Waals surface area contributed by atoms with E-state index in [4.69, 9.17) is 9.72 Å². The summed E-state index contributed by atoms with van der Waals surface area (Å²) in [6.07, 6.45) is 2.40. The molecular formula is C20H23BrN2O2S. The van der Waals surface area contributed by atoms with Crippen LogP contribution in [0.3, 0.4) is 0 Å². The zero-order valence-corrected chi connectivity index (χ0v) is 17.5. The first-order valence-electron chi connectivity index (χ1n) is 9.03. The van der Waals surface area contributed by atoms with Crippen LogP contribution in [0.15, 0.2) is 28.7 Å². The predicted molar refractivity (Wildman–Crippen MR) is 108 cm³/mol. The fourth-order valence-electron chi connectivity index (χ4n) is 3.84. The first-order chi connectivity index (χ1) is 12.4. The van der Waals surface area contributed by atoms with Crippen LogP contribution in [0.5, 0.6) is 0 Å². The van der Waals surface area contributed by atoms with Crippen LogP contribution in [-0.2, 0) is 17.6 Å². The van der Waals surface area contributed by atoms with E-state index in [1.165, 1.54) is 5.56 Å². The highest BCUT2D eigenvalue weighted by atomic mass is 79.9. The molecule has 6 heteroatoms. The molecule has 138 valence electrons. The summed E-state index contributed by atoms with van der Waals surface area (Å²) in [5.74, 6) is 0.247. The molecule has 0 radical (unpaired) electrons. The van der Waals surface area contributed by atoms with Crippen molar-refractivity contribution in [1.29, 1.82) is 0 Å². The summed E-state index contributed by atoms with van der Waals surface area (Å²) in [6.45, 7) is 6.52. The van der Waals surface area contributed by atoms with Crippen molar-refractivity contribution >= 4 is 38.2 Å². The Balaban J connectivity index is 1.60. The Labute approximate surface area is 166 Å². The molecule has 0 bridgehead atoms. The molecule has 1 atom stereocenters. The Hall–Kier alpha value is -1.24. The van der Waals surface area contributed by atoms with Gasteiger partial charge in [-0.15, -0.1) is 0 Å². The van der Waals surface area contributed by atoms with E-state index >= 15 is 0 Å². The van der Waals surface area contributed by atoms with Crippen molar-refractivity contribution < 1.29 is 9.53 Å². The van der Waals surface area contributed by atoms with Gasteiger partial charge in [0.25, 0.3) is 0 Å². The normalized spacial score (nSPS) is 22.3. The average molecular weight is 435 g/mol. The SMILES string of the molecule is CC1(C)CC(=O)c2sc(N3CCOC[C@@H]3Cc3cccc(Br)c3)nc2C1. The highest BCUT2D eigenvalue weighted by Crippen LogP contribution is 2.40. The van der Waals surface area contributed by atoms with Crippen LogP contribution >= 0.6 is 27.3 Å².